The van der Waals surface area contributed by atoms with Crippen LogP contribution in [0.15, 0.2) is 10.6 Å². The van der Waals surface area contributed by atoms with E-state index in [1.807, 2.05) is 0 Å². The van der Waals surface area contributed by atoms with Crippen LogP contribution in [0.3, 0.4) is 0 Å². The van der Waals surface area contributed by atoms with E-state index >= 15 is 0 Å². The van der Waals surface area contributed by atoms with E-state index in [4.69, 9.17) is 5.11 Å². The van der Waals surface area contributed by atoms with Crippen LogP contribution in [0.25, 0.3) is 0 Å². The fourth-order valence-electron chi connectivity index (χ4n) is 1.11. The molecule has 0 aliphatic heterocycles. The third-order valence-corrected chi connectivity index (χ3v) is 2.96. The Balaban J connectivity index is 2.43. The summed E-state index contributed by atoms with van der Waals surface area (Å²) >= 11 is 0. The molecule has 0 aliphatic rings. The van der Waals surface area contributed by atoms with Crippen molar-refractivity contribution in [1.29, 1.82) is 0 Å². The summed E-state index contributed by atoms with van der Waals surface area (Å²) < 4.78 is 26.0. The zero-order chi connectivity index (χ0) is 13.8. The average molecular weight is 276 g/mol. The lowest BCUT2D eigenvalue weighted by Gasteiger charge is -2.01. The van der Waals surface area contributed by atoms with Gasteiger partial charge in [0.2, 0.25) is 5.76 Å². The van der Waals surface area contributed by atoms with Gasteiger partial charge in [-0.3, -0.25) is 4.79 Å². The van der Waals surface area contributed by atoms with Gasteiger partial charge in [-0.25, -0.2) is 13.2 Å². The summed E-state index contributed by atoms with van der Waals surface area (Å²) in [5.74, 6) is -2.40. The van der Waals surface area contributed by atoms with Gasteiger partial charge in [-0.05, 0) is 6.42 Å². The number of carbonyl (C=O) groups excluding carboxylic acids is 1. The summed E-state index contributed by atoms with van der Waals surface area (Å²) in [6.45, 7) is 0.154. The first-order chi connectivity index (χ1) is 8.29. The molecular formula is C9H12N2O6S. The van der Waals surface area contributed by atoms with Crippen LogP contribution < -0.4 is 5.32 Å². The van der Waals surface area contributed by atoms with Crippen molar-refractivity contribution in [2.45, 2.75) is 6.42 Å². The van der Waals surface area contributed by atoms with E-state index in [0.717, 1.165) is 12.3 Å². The number of nitrogens with zero attached hydrogens (tertiary/aromatic N) is 1. The Morgan fingerprint density at radius 3 is 2.67 bits per heavy atom. The van der Waals surface area contributed by atoms with E-state index < -0.39 is 27.5 Å². The monoisotopic (exact) mass is 276 g/mol. The van der Waals surface area contributed by atoms with Gasteiger partial charge in [0, 0.05) is 18.9 Å². The van der Waals surface area contributed by atoms with Crippen molar-refractivity contribution in [2.75, 3.05) is 18.6 Å². The molecule has 0 aromatic carbocycles. The minimum Gasteiger partial charge on any atom is -0.475 e. The third-order valence-electron chi connectivity index (χ3n) is 1.93. The average Bonchev–Trinajstić information content (AvgIpc) is 2.72. The molecule has 1 amide bonds. The Bertz CT molecular complexity index is 547. The number of hydrogen-bond acceptors (Lipinski definition) is 6. The number of hydrogen-bond donors (Lipinski definition) is 2. The summed E-state index contributed by atoms with van der Waals surface area (Å²) in [6.07, 6.45) is 1.37. The summed E-state index contributed by atoms with van der Waals surface area (Å²) in [7, 11) is -3.06. The SMILES string of the molecule is CS(=O)(=O)CCCNC(=O)c1cc(C(=O)O)on1. The van der Waals surface area contributed by atoms with Gasteiger partial charge in [-0.2, -0.15) is 0 Å². The van der Waals surface area contributed by atoms with E-state index in [2.05, 4.69) is 15.0 Å². The lowest BCUT2D eigenvalue weighted by molar-refractivity contribution is 0.0651. The molecule has 1 aromatic heterocycles. The van der Waals surface area contributed by atoms with E-state index in [-0.39, 0.29) is 24.4 Å². The highest BCUT2D eigenvalue weighted by Gasteiger charge is 2.16. The smallest absolute Gasteiger partial charge is 0.374 e. The topological polar surface area (TPSA) is 127 Å². The molecule has 0 aliphatic carbocycles. The predicted octanol–water partition coefficient (Wildman–Crippen LogP) is -0.463. The highest BCUT2D eigenvalue weighted by molar-refractivity contribution is 7.90. The van der Waals surface area contributed by atoms with E-state index in [1.54, 1.807) is 0 Å². The Kier molecular flexibility index (Phi) is 4.43. The molecule has 0 fully saturated rings. The number of sulfone groups is 1. The van der Waals surface area contributed by atoms with Gasteiger partial charge < -0.3 is 14.9 Å². The lowest BCUT2D eigenvalue weighted by atomic mass is 10.3. The van der Waals surface area contributed by atoms with Crippen LogP contribution in [0.2, 0.25) is 0 Å². The number of carboxylic acids is 1. The van der Waals surface area contributed by atoms with E-state index in [1.165, 1.54) is 0 Å². The van der Waals surface area contributed by atoms with Crippen LogP contribution in [0.5, 0.6) is 0 Å². The van der Waals surface area contributed by atoms with Gasteiger partial charge in [0.1, 0.15) is 9.84 Å². The van der Waals surface area contributed by atoms with Crippen LogP contribution in [-0.4, -0.2) is 49.1 Å². The molecule has 0 radical (unpaired) electrons. The maximum absolute atomic E-state index is 11.4. The molecule has 0 saturated carbocycles. The molecule has 0 atom stereocenters. The summed E-state index contributed by atoms with van der Waals surface area (Å²) in [6, 6.07) is 0.994. The second kappa shape index (κ2) is 5.63. The quantitative estimate of drug-likeness (QED) is 0.673. The van der Waals surface area contributed by atoms with Gasteiger partial charge >= 0.3 is 5.97 Å². The zero-order valence-electron chi connectivity index (χ0n) is 9.54. The second-order valence-electron chi connectivity index (χ2n) is 3.62. The molecule has 0 spiro atoms. The molecule has 1 aromatic rings. The molecule has 0 saturated heterocycles. The highest BCUT2D eigenvalue weighted by atomic mass is 32.2. The summed E-state index contributed by atoms with van der Waals surface area (Å²) in [5, 5.41) is 14.2. The predicted molar refractivity (Wildman–Crippen MR) is 60.1 cm³/mol. The van der Waals surface area contributed by atoms with Crippen LogP contribution in [-0.2, 0) is 9.84 Å². The molecule has 1 rings (SSSR count). The van der Waals surface area contributed by atoms with Crippen molar-refractivity contribution in [2.24, 2.45) is 0 Å². The van der Waals surface area contributed by atoms with Gasteiger partial charge in [0.25, 0.3) is 5.91 Å². The van der Waals surface area contributed by atoms with Crippen LogP contribution in [0.4, 0.5) is 0 Å². The molecule has 2 N–H and O–H groups in total. The van der Waals surface area contributed by atoms with Crippen molar-refractivity contribution in [3.05, 3.63) is 17.5 Å². The van der Waals surface area contributed by atoms with Crippen molar-refractivity contribution in [3.8, 4) is 0 Å². The number of aromatic carboxylic acids is 1. The number of nitrogens with one attached hydrogen (secondary N) is 1. The first-order valence-electron chi connectivity index (χ1n) is 4.95. The third kappa shape index (κ3) is 4.53. The molecule has 100 valence electrons. The van der Waals surface area contributed by atoms with E-state index in [0.29, 0.717) is 0 Å². The number of carboxylic acid groups (broad SMARTS) is 1. The minimum atomic E-state index is -3.06. The molecule has 0 bridgehead atoms. The number of amides is 1. The van der Waals surface area contributed by atoms with E-state index in [9.17, 15) is 18.0 Å². The van der Waals surface area contributed by atoms with Gasteiger partial charge in [-0.15, -0.1) is 0 Å². The van der Waals surface area contributed by atoms with Crippen LogP contribution >= 0.6 is 0 Å². The fourth-order valence-corrected chi connectivity index (χ4v) is 1.78. The van der Waals surface area contributed by atoms with Gasteiger partial charge in [-0.1, -0.05) is 5.16 Å². The highest BCUT2D eigenvalue weighted by Crippen LogP contribution is 2.03. The van der Waals surface area contributed by atoms with Gasteiger partial charge in [0.05, 0.1) is 5.75 Å². The number of carbonyl (C=O) groups is 2. The number of rotatable bonds is 6. The zero-order valence-corrected chi connectivity index (χ0v) is 10.4. The van der Waals surface area contributed by atoms with Crippen molar-refractivity contribution < 1.29 is 27.6 Å². The minimum absolute atomic E-state index is 0.0352. The molecule has 18 heavy (non-hydrogen) atoms. The standard InChI is InChI=1S/C9H12N2O6S/c1-18(15,16)4-2-3-10-8(12)6-5-7(9(13)14)17-11-6/h5H,2-4H2,1H3,(H,10,12)(H,13,14). The fraction of sp³-hybridized carbons (Fsp3) is 0.444. The molecule has 0 unspecified atom stereocenters. The largest absolute Gasteiger partial charge is 0.475 e. The maximum atomic E-state index is 11.4. The van der Waals surface area contributed by atoms with Crippen molar-refractivity contribution in [3.63, 3.8) is 0 Å². The Morgan fingerprint density at radius 1 is 1.50 bits per heavy atom. The second-order valence-corrected chi connectivity index (χ2v) is 5.88. The molecule has 9 heteroatoms. The maximum Gasteiger partial charge on any atom is 0.374 e. The molecular weight excluding hydrogens is 264 g/mol. The first-order valence-corrected chi connectivity index (χ1v) is 7.01. The summed E-state index contributed by atoms with van der Waals surface area (Å²) in [4.78, 5) is 21.9. The number of aromatic nitrogens is 1. The van der Waals surface area contributed by atoms with Gasteiger partial charge in [0.15, 0.2) is 5.69 Å². The van der Waals surface area contributed by atoms with Crippen molar-refractivity contribution in [1.82, 2.24) is 10.5 Å². The Labute approximate surface area is 103 Å². The Hall–Kier alpha value is -1.90. The summed E-state index contributed by atoms with van der Waals surface area (Å²) in [5.41, 5.74) is -0.160. The molecule has 1 heterocycles. The van der Waals surface area contributed by atoms with Crippen LogP contribution in [0, 0.1) is 0 Å². The lowest BCUT2D eigenvalue weighted by Crippen LogP contribution is -2.26. The first kappa shape index (κ1) is 14.2. The van der Waals surface area contributed by atoms with Crippen LogP contribution in [0.1, 0.15) is 27.5 Å². The molecule has 8 nitrogen and oxygen atoms in total. The normalized spacial score (nSPS) is 11.2. The Morgan fingerprint density at radius 2 is 2.17 bits per heavy atom. The van der Waals surface area contributed by atoms with Crippen molar-refractivity contribution >= 4 is 21.7 Å².